The number of hydrogen-bond donors (Lipinski definition) is 1. The molecule has 0 amide bonds. The molecule has 20 heavy (non-hydrogen) atoms. The minimum atomic E-state index is 0.330. The zero-order valence-electron chi connectivity index (χ0n) is 12.9. The predicted octanol–water partition coefficient (Wildman–Crippen LogP) is 1.65. The van der Waals surface area contributed by atoms with Crippen molar-refractivity contribution < 1.29 is 9.47 Å². The number of morpholine rings is 1. The molecule has 3 fully saturated rings. The van der Waals surface area contributed by atoms with Crippen LogP contribution >= 0.6 is 0 Å². The molecule has 2 unspecified atom stereocenters. The first-order valence-corrected chi connectivity index (χ1v) is 8.45. The van der Waals surface area contributed by atoms with Crippen molar-refractivity contribution >= 4 is 0 Å². The van der Waals surface area contributed by atoms with E-state index in [4.69, 9.17) is 9.47 Å². The highest BCUT2D eigenvalue weighted by molar-refractivity contribution is 4.92. The van der Waals surface area contributed by atoms with Crippen molar-refractivity contribution in [2.45, 2.75) is 51.2 Å². The third-order valence-electron chi connectivity index (χ3n) is 4.98. The summed E-state index contributed by atoms with van der Waals surface area (Å²) >= 11 is 0. The highest BCUT2D eigenvalue weighted by Crippen LogP contribution is 2.31. The minimum Gasteiger partial charge on any atom is -0.381 e. The largest absolute Gasteiger partial charge is 0.381 e. The molecule has 2 atom stereocenters. The van der Waals surface area contributed by atoms with Gasteiger partial charge in [0.2, 0.25) is 0 Å². The molecule has 4 nitrogen and oxygen atoms in total. The van der Waals surface area contributed by atoms with Crippen LogP contribution in [0.15, 0.2) is 0 Å². The van der Waals surface area contributed by atoms with Crippen molar-refractivity contribution in [1.82, 2.24) is 10.2 Å². The van der Waals surface area contributed by atoms with Crippen molar-refractivity contribution in [3.05, 3.63) is 0 Å². The van der Waals surface area contributed by atoms with Gasteiger partial charge in [-0.25, -0.2) is 0 Å². The Kier molecular flexibility index (Phi) is 4.97. The monoisotopic (exact) mass is 282 g/mol. The standard InChI is InChI=1S/C16H30N2O2/c1-2-15-10-18(7-9-20-15)12-16(6-3-8-19-13-16)11-17-14-4-5-14/h14-15,17H,2-13H2,1H3. The summed E-state index contributed by atoms with van der Waals surface area (Å²) in [5, 5.41) is 3.74. The Labute approximate surface area is 123 Å². The molecule has 2 aliphatic heterocycles. The Morgan fingerprint density at radius 1 is 1.30 bits per heavy atom. The molecule has 2 heterocycles. The molecule has 1 N–H and O–H groups in total. The maximum Gasteiger partial charge on any atom is 0.0700 e. The number of nitrogens with zero attached hydrogens (tertiary/aromatic N) is 1. The molecule has 0 spiro atoms. The second kappa shape index (κ2) is 6.73. The molecule has 0 bridgehead atoms. The zero-order valence-corrected chi connectivity index (χ0v) is 12.9. The Morgan fingerprint density at radius 2 is 2.20 bits per heavy atom. The van der Waals surface area contributed by atoms with Gasteiger partial charge in [-0.05, 0) is 32.1 Å². The van der Waals surface area contributed by atoms with Crippen molar-refractivity contribution in [2.24, 2.45) is 5.41 Å². The van der Waals surface area contributed by atoms with Gasteiger partial charge in [0.05, 0.1) is 19.3 Å². The number of nitrogens with one attached hydrogen (secondary N) is 1. The Balaban J connectivity index is 1.56. The lowest BCUT2D eigenvalue weighted by Crippen LogP contribution is -2.53. The Morgan fingerprint density at radius 3 is 2.90 bits per heavy atom. The van der Waals surface area contributed by atoms with Crippen molar-refractivity contribution in [2.75, 3.05) is 46.0 Å². The van der Waals surface area contributed by atoms with E-state index in [2.05, 4.69) is 17.1 Å². The molecule has 1 saturated carbocycles. The van der Waals surface area contributed by atoms with Crippen LogP contribution in [-0.2, 0) is 9.47 Å². The van der Waals surface area contributed by atoms with Crippen LogP contribution in [0.5, 0.6) is 0 Å². The summed E-state index contributed by atoms with van der Waals surface area (Å²) < 4.78 is 11.6. The van der Waals surface area contributed by atoms with E-state index in [1.54, 1.807) is 0 Å². The molecule has 4 heteroatoms. The molecule has 0 aromatic carbocycles. The second-order valence-electron chi connectivity index (χ2n) is 6.95. The smallest absolute Gasteiger partial charge is 0.0700 e. The van der Waals surface area contributed by atoms with Gasteiger partial charge >= 0.3 is 0 Å². The normalized spacial score (nSPS) is 36.1. The van der Waals surface area contributed by atoms with Crippen molar-refractivity contribution in [3.63, 3.8) is 0 Å². The minimum absolute atomic E-state index is 0.330. The predicted molar refractivity (Wildman–Crippen MR) is 80.0 cm³/mol. The first kappa shape index (κ1) is 14.8. The van der Waals surface area contributed by atoms with E-state index in [1.807, 2.05) is 0 Å². The maximum absolute atomic E-state index is 5.83. The van der Waals surface area contributed by atoms with Crippen LogP contribution in [0.3, 0.4) is 0 Å². The van der Waals surface area contributed by atoms with Crippen LogP contribution in [-0.4, -0.2) is 63.0 Å². The summed E-state index contributed by atoms with van der Waals surface area (Å²) in [6.45, 7) is 9.49. The van der Waals surface area contributed by atoms with Crippen LogP contribution in [0.4, 0.5) is 0 Å². The number of rotatable bonds is 6. The van der Waals surface area contributed by atoms with Gasteiger partial charge < -0.3 is 14.8 Å². The summed E-state index contributed by atoms with van der Waals surface area (Å²) in [4.78, 5) is 2.61. The van der Waals surface area contributed by atoms with Gasteiger partial charge in [0.25, 0.3) is 0 Å². The first-order chi connectivity index (χ1) is 9.80. The summed E-state index contributed by atoms with van der Waals surface area (Å²) in [5.74, 6) is 0. The van der Waals surface area contributed by atoms with Gasteiger partial charge in [-0.2, -0.15) is 0 Å². The number of ether oxygens (including phenoxy) is 2. The van der Waals surface area contributed by atoms with Gasteiger partial charge in [-0.1, -0.05) is 6.92 Å². The van der Waals surface area contributed by atoms with Crippen LogP contribution < -0.4 is 5.32 Å². The molecule has 2 saturated heterocycles. The van der Waals surface area contributed by atoms with E-state index < -0.39 is 0 Å². The fourth-order valence-electron chi connectivity index (χ4n) is 3.52. The lowest BCUT2D eigenvalue weighted by molar-refractivity contribution is -0.0694. The summed E-state index contributed by atoms with van der Waals surface area (Å²) in [6.07, 6.45) is 6.81. The molecule has 1 aliphatic carbocycles. The lowest BCUT2D eigenvalue weighted by Gasteiger charge is -2.43. The van der Waals surface area contributed by atoms with Gasteiger partial charge in [-0.15, -0.1) is 0 Å². The first-order valence-electron chi connectivity index (χ1n) is 8.45. The fraction of sp³-hybridized carbons (Fsp3) is 1.00. The van der Waals surface area contributed by atoms with Crippen LogP contribution in [0, 0.1) is 5.41 Å². The Bertz CT molecular complexity index is 301. The molecule has 3 aliphatic rings. The van der Waals surface area contributed by atoms with Gasteiger partial charge in [-0.3, -0.25) is 4.90 Å². The SMILES string of the molecule is CCC1CN(CC2(CNC3CC3)CCCOC2)CCO1. The van der Waals surface area contributed by atoms with Crippen LogP contribution in [0.1, 0.15) is 39.0 Å². The fourth-order valence-corrected chi connectivity index (χ4v) is 3.52. The molecular weight excluding hydrogens is 252 g/mol. The van der Waals surface area contributed by atoms with Crippen LogP contribution in [0.25, 0.3) is 0 Å². The van der Waals surface area contributed by atoms with E-state index in [0.29, 0.717) is 11.5 Å². The molecule has 0 aromatic heterocycles. The van der Waals surface area contributed by atoms with E-state index in [0.717, 1.165) is 51.9 Å². The van der Waals surface area contributed by atoms with Crippen molar-refractivity contribution in [1.29, 1.82) is 0 Å². The van der Waals surface area contributed by atoms with Gasteiger partial charge in [0.1, 0.15) is 0 Å². The third-order valence-corrected chi connectivity index (χ3v) is 4.98. The maximum atomic E-state index is 5.83. The highest BCUT2D eigenvalue weighted by atomic mass is 16.5. The molecule has 116 valence electrons. The van der Waals surface area contributed by atoms with Gasteiger partial charge in [0, 0.05) is 44.2 Å². The zero-order chi connectivity index (χ0) is 13.8. The second-order valence-corrected chi connectivity index (χ2v) is 6.95. The summed E-state index contributed by atoms with van der Waals surface area (Å²) in [5.41, 5.74) is 0.330. The highest BCUT2D eigenvalue weighted by Gasteiger charge is 2.37. The van der Waals surface area contributed by atoms with Crippen molar-refractivity contribution in [3.8, 4) is 0 Å². The van der Waals surface area contributed by atoms with Crippen LogP contribution in [0.2, 0.25) is 0 Å². The average Bonchev–Trinajstić information content (AvgIpc) is 3.31. The Hall–Kier alpha value is -0.160. The van der Waals surface area contributed by atoms with Gasteiger partial charge in [0.15, 0.2) is 0 Å². The van der Waals surface area contributed by atoms with E-state index in [1.165, 1.54) is 32.2 Å². The molecule has 0 aromatic rings. The quantitative estimate of drug-likeness (QED) is 0.803. The lowest BCUT2D eigenvalue weighted by atomic mass is 9.81. The van der Waals surface area contributed by atoms with E-state index in [9.17, 15) is 0 Å². The topological polar surface area (TPSA) is 33.7 Å². The summed E-state index contributed by atoms with van der Waals surface area (Å²) in [7, 11) is 0. The van der Waals surface area contributed by atoms with E-state index >= 15 is 0 Å². The average molecular weight is 282 g/mol. The summed E-state index contributed by atoms with van der Waals surface area (Å²) in [6, 6.07) is 0.793. The molecule has 0 radical (unpaired) electrons. The molecular formula is C16H30N2O2. The molecule has 3 rings (SSSR count). The number of hydrogen-bond acceptors (Lipinski definition) is 4. The third kappa shape index (κ3) is 3.94. The van der Waals surface area contributed by atoms with E-state index in [-0.39, 0.29) is 0 Å².